The van der Waals surface area contributed by atoms with E-state index in [0.29, 0.717) is 11.8 Å². The van der Waals surface area contributed by atoms with Gasteiger partial charge in [-0.1, -0.05) is 13.3 Å². The number of carbonyl (C=O) groups is 1. The summed E-state index contributed by atoms with van der Waals surface area (Å²) in [5.41, 5.74) is 1.90. The number of carbonyl (C=O) groups excluding carboxylic acids is 1. The second-order valence-corrected chi connectivity index (χ2v) is 8.08. The molecule has 1 unspecified atom stereocenters. The predicted molar refractivity (Wildman–Crippen MR) is 103 cm³/mol. The number of likely N-dealkylation sites (tertiary alicyclic amines) is 1. The number of amides is 2. The molecule has 1 aliphatic heterocycles. The van der Waals surface area contributed by atoms with Crippen molar-refractivity contribution in [3.8, 4) is 0 Å². The molecule has 2 heterocycles. The van der Waals surface area contributed by atoms with Gasteiger partial charge in [-0.3, -0.25) is 0 Å². The molecule has 25 heavy (non-hydrogen) atoms. The molecule has 1 atom stereocenters. The molecule has 1 fully saturated rings. The van der Waals surface area contributed by atoms with Crippen molar-refractivity contribution < 1.29 is 9.18 Å². The third kappa shape index (κ3) is 4.69. The zero-order chi connectivity index (χ0) is 17.6. The highest BCUT2D eigenvalue weighted by molar-refractivity contribution is 7.99. The molecule has 136 valence electrons. The summed E-state index contributed by atoms with van der Waals surface area (Å²) in [6.45, 7) is 4.45. The molecule has 3 rings (SSSR count). The standard InChI is InChI=1S/C19H26FN3OS/c1-2-25-16-5-3-4-10-23(13-16)19(24)21-9-8-14-12-22-18-11-15(20)6-7-17(14)18/h6-7,11-12,16,22H,2-5,8-10,13H2,1H3,(H,21,24). The molecule has 0 aliphatic carbocycles. The summed E-state index contributed by atoms with van der Waals surface area (Å²) < 4.78 is 13.2. The molecule has 0 radical (unpaired) electrons. The quantitative estimate of drug-likeness (QED) is 0.838. The summed E-state index contributed by atoms with van der Waals surface area (Å²) in [5, 5.41) is 4.62. The first-order valence-corrected chi connectivity index (χ1v) is 10.1. The number of aromatic amines is 1. The number of rotatable bonds is 5. The fourth-order valence-corrected chi connectivity index (χ4v) is 4.53. The molecule has 1 aromatic heterocycles. The van der Waals surface area contributed by atoms with Gasteiger partial charge in [0.2, 0.25) is 0 Å². The van der Waals surface area contributed by atoms with Crippen LogP contribution in [0.1, 0.15) is 31.7 Å². The van der Waals surface area contributed by atoms with E-state index in [-0.39, 0.29) is 11.8 Å². The van der Waals surface area contributed by atoms with Gasteiger partial charge in [-0.2, -0.15) is 11.8 Å². The number of thioether (sulfide) groups is 1. The minimum Gasteiger partial charge on any atom is -0.361 e. The largest absolute Gasteiger partial charge is 0.361 e. The Hall–Kier alpha value is -1.69. The average Bonchev–Trinajstić information content (AvgIpc) is 2.84. The Labute approximate surface area is 152 Å². The number of aromatic nitrogens is 1. The highest BCUT2D eigenvalue weighted by Crippen LogP contribution is 2.22. The normalized spacial score (nSPS) is 18.3. The molecule has 0 bridgehead atoms. The van der Waals surface area contributed by atoms with Gasteiger partial charge in [-0.25, -0.2) is 9.18 Å². The van der Waals surface area contributed by atoms with Crippen LogP contribution >= 0.6 is 11.8 Å². The Morgan fingerprint density at radius 1 is 1.44 bits per heavy atom. The van der Waals surface area contributed by atoms with Gasteiger partial charge in [0.05, 0.1) is 0 Å². The van der Waals surface area contributed by atoms with Crippen LogP contribution in [0.5, 0.6) is 0 Å². The van der Waals surface area contributed by atoms with Gasteiger partial charge in [0, 0.05) is 42.0 Å². The molecule has 4 nitrogen and oxygen atoms in total. The van der Waals surface area contributed by atoms with Crippen LogP contribution in [0.2, 0.25) is 0 Å². The van der Waals surface area contributed by atoms with E-state index in [1.54, 1.807) is 6.07 Å². The van der Waals surface area contributed by atoms with Gasteiger partial charge in [0.1, 0.15) is 5.82 Å². The van der Waals surface area contributed by atoms with Crippen molar-refractivity contribution in [3.63, 3.8) is 0 Å². The molecule has 1 aromatic carbocycles. The van der Waals surface area contributed by atoms with Crippen LogP contribution in [-0.4, -0.2) is 46.6 Å². The lowest BCUT2D eigenvalue weighted by molar-refractivity contribution is 0.200. The molecule has 1 aliphatic rings. The number of H-pyrrole nitrogens is 1. The van der Waals surface area contributed by atoms with E-state index in [2.05, 4.69) is 17.2 Å². The fourth-order valence-electron chi connectivity index (χ4n) is 3.44. The van der Waals surface area contributed by atoms with Crippen molar-refractivity contribution in [2.75, 3.05) is 25.4 Å². The smallest absolute Gasteiger partial charge is 0.317 e. The minimum atomic E-state index is -0.241. The summed E-state index contributed by atoms with van der Waals surface area (Å²) in [6.07, 6.45) is 6.12. The van der Waals surface area contributed by atoms with E-state index < -0.39 is 0 Å². The molecule has 2 aromatic rings. The maximum absolute atomic E-state index is 13.2. The second-order valence-electron chi connectivity index (χ2n) is 6.50. The van der Waals surface area contributed by atoms with Crippen molar-refractivity contribution >= 4 is 28.7 Å². The monoisotopic (exact) mass is 363 g/mol. The van der Waals surface area contributed by atoms with E-state index in [1.807, 2.05) is 22.9 Å². The summed E-state index contributed by atoms with van der Waals surface area (Å²) in [4.78, 5) is 17.5. The summed E-state index contributed by atoms with van der Waals surface area (Å²) in [6, 6.07) is 4.80. The van der Waals surface area contributed by atoms with Crippen LogP contribution < -0.4 is 5.32 Å². The van der Waals surface area contributed by atoms with Crippen LogP contribution in [-0.2, 0) is 6.42 Å². The predicted octanol–water partition coefficient (Wildman–Crippen LogP) is 4.17. The van der Waals surface area contributed by atoms with Crippen LogP contribution in [0.3, 0.4) is 0 Å². The SMILES string of the molecule is CCSC1CCCCN(C(=O)NCCc2c[nH]c3cc(F)ccc23)C1. The summed E-state index contributed by atoms with van der Waals surface area (Å²) in [7, 11) is 0. The second kappa shape index (κ2) is 8.61. The average molecular weight is 364 g/mol. The first-order valence-electron chi connectivity index (χ1n) is 9.07. The van der Waals surface area contributed by atoms with E-state index >= 15 is 0 Å². The number of hydrogen-bond donors (Lipinski definition) is 2. The van der Waals surface area contributed by atoms with E-state index in [9.17, 15) is 9.18 Å². The zero-order valence-corrected chi connectivity index (χ0v) is 15.5. The number of urea groups is 1. The van der Waals surface area contributed by atoms with Crippen LogP contribution in [0.15, 0.2) is 24.4 Å². The molecule has 1 saturated heterocycles. The molecule has 0 spiro atoms. The molecule has 2 N–H and O–H groups in total. The van der Waals surface area contributed by atoms with Crippen LogP contribution in [0, 0.1) is 5.82 Å². The Morgan fingerprint density at radius 2 is 2.32 bits per heavy atom. The number of nitrogens with one attached hydrogen (secondary N) is 2. The van der Waals surface area contributed by atoms with Crippen molar-refractivity contribution in [3.05, 3.63) is 35.8 Å². The van der Waals surface area contributed by atoms with E-state index in [4.69, 9.17) is 0 Å². The Bertz CT molecular complexity index is 718. The van der Waals surface area contributed by atoms with Gasteiger partial charge in [0.15, 0.2) is 0 Å². The van der Waals surface area contributed by atoms with Gasteiger partial charge < -0.3 is 15.2 Å². The fraction of sp³-hybridized carbons (Fsp3) is 0.526. The first-order chi connectivity index (χ1) is 12.2. The molecular weight excluding hydrogens is 337 g/mol. The first kappa shape index (κ1) is 18.1. The lowest BCUT2D eigenvalue weighted by atomic mass is 10.1. The highest BCUT2D eigenvalue weighted by atomic mass is 32.2. The lowest BCUT2D eigenvalue weighted by Gasteiger charge is -2.24. The van der Waals surface area contributed by atoms with Crippen molar-refractivity contribution in [1.82, 2.24) is 15.2 Å². The maximum Gasteiger partial charge on any atom is 0.317 e. The van der Waals surface area contributed by atoms with Crippen LogP contribution in [0.4, 0.5) is 9.18 Å². The molecule has 6 heteroatoms. The van der Waals surface area contributed by atoms with E-state index in [1.165, 1.54) is 25.0 Å². The summed E-state index contributed by atoms with van der Waals surface area (Å²) >= 11 is 1.95. The number of nitrogens with zero attached hydrogens (tertiary/aromatic N) is 1. The summed E-state index contributed by atoms with van der Waals surface area (Å²) in [5.74, 6) is 0.858. The lowest BCUT2D eigenvalue weighted by Crippen LogP contribution is -2.43. The van der Waals surface area contributed by atoms with Gasteiger partial charge in [-0.15, -0.1) is 0 Å². The Balaban J connectivity index is 1.52. The van der Waals surface area contributed by atoms with Crippen LogP contribution in [0.25, 0.3) is 10.9 Å². The van der Waals surface area contributed by atoms with Crippen molar-refractivity contribution in [1.29, 1.82) is 0 Å². The molecule has 2 amide bonds. The van der Waals surface area contributed by atoms with Crippen molar-refractivity contribution in [2.45, 2.75) is 37.9 Å². The Kier molecular flexibility index (Phi) is 6.24. The number of hydrogen-bond acceptors (Lipinski definition) is 2. The number of fused-ring (bicyclic) bond motifs is 1. The topological polar surface area (TPSA) is 48.1 Å². The number of halogens is 1. The zero-order valence-electron chi connectivity index (χ0n) is 14.7. The molecule has 0 saturated carbocycles. The van der Waals surface area contributed by atoms with Gasteiger partial charge in [-0.05, 0) is 48.8 Å². The third-order valence-electron chi connectivity index (χ3n) is 4.72. The number of benzene rings is 1. The minimum absolute atomic E-state index is 0.0366. The molecular formula is C19H26FN3OS. The van der Waals surface area contributed by atoms with Crippen molar-refractivity contribution in [2.24, 2.45) is 0 Å². The van der Waals surface area contributed by atoms with Gasteiger partial charge in [0.25, 0.3) is 0 Å². The van der Waals surface area contributed by atoms with E-state index in [0.717, 1.165) is 48.2 Å². The Morgan fingerprint density at radius 3 is 3.16 bits per heavy atom. The highest BCUT2D eigenvalue weighted by Gasteiger charge is 2.21. The maximum atomic E-state index is 13.2. The third-order valence-corrected chi connectivity index (χ3v) is 5.91. The van der Waals surface area contributed by atoms with Gasteiger partial charge >= 0.3 is 6.03 Å².